The molecule has 1 aromatic heterocycles. The van der Waals surface area contributed by atoms with Crippen LogP contribution in [-0.2, 0) is 0 Å². The molecule has 1 heterocycles. The summed E-state index contributed by atoms with van der Waals surface area (Å²) in [5.74, 6) is 0. The van der Waals surface area contributed by atoms with Crippen molar-refractivity contribution in [3.05, 3.63) is 21.3 Å². The van der Waals surface area contributed by atoms with E-state index in [4.69, 9.17) is 17.3 Å². The Morgan fingerprint density at radius 2 is 2.38 bits per heavy atom. The van der Waals surface area contributed by atoms with Crippen molar-refractivity contribution in [1.82, 2.24) is 5.32 Å². The number of thiophene rings is 1. The summed E-state index contributed by atoms with van der Waals surface area (Å²) in [6.07, 6.45) is 2.57. The van der Waals surface area contributed by atoms with Gasteiger partial charge in [-0.2, -0.15) is 0 Å². The molecule has 2 rings (SSSR count). The fraction of sp³-hybridized carbons (Fsp3) is 0.556. The largest absolute Gasteiger partial charge is 0.329 e. The van der Waals surface area contributed by atoms with Crippen molar-refractivity contribution in [2.75, 3.05) is 6.54 Å². The van der Waals surface area contributed by atoms with E-state index in [1.807, 2.05) is 6.07 Å². The van der Waals surface area contributed by atoms with Crippen LogP contribution in [0.2, 0.25) is 4.34 Å². The van der Waals surface area contributed by atoms with E-state index in [1.165, 1.54) is 17.7 Å². The lowest BCUT2D eigenvalue weighted by Crippen LogP contribution is -2.29. The van der Waals surface area contributed by atoms with E-state index in [1.54, 1.807) is 11.3 Å². The Morgan fingerprint density at radius 3 is 2.85 bits per heavy atom. The molecule has 13 heavy (non-hydrogen) atoms. The summed E-state index contributed by atoms with van der Waals surface area (Å²) in [7, 11) is 0. The topological polar surface area (TPSA) is 38.0 Å². The maximum atomic E-state index is 5.86. The molecule has 1 saturated carbocycles. The van der Waals surface area contributed by atoms with Gasteiger partial charge in [0.15, 0.2) is 0 Å². The zero-order chi connectivity index (χ0) is 9.26. The molecular weight excluding hydrogens is 204 g/mol. The molecule has 0 amide bonds. The molecule has 4 heteroatoms. The predicted molar refractivity (Wildman–Crippen MR) is 57.3 cm³/mol. The maximum Gasteiger partial charge on any atom is 0.0931 e. The highest BCUT2D eigenvalue weighted by molar-refractivity contribution is 7.16. The fourth-order valence-electron chi connectivity index (χ4n) is 1.32. The monoisotopic (exact) mass is 216 g/mol. The molecule has 72 valence electrons. The van der Waals surface area contributed by atoms with Crippen LogP contribution in [0.4, 0.5) is 0 Å². The third kappa shape index (κ3) is 2.44. The van der Waals surface area contributed by atoms with Crippen LogP contribution in [0.15, 0.2) is 12.1 Å². The normalized spacial score (nSPS) is 18.9. The van der Waals surface area contributed by atoms with Crippen LogP contribution in [-0.4, -0.2) is 12.6 Å². The molecule has 2 nitrogen and oxygen atoms in total. The molecule has 1 aliphatic carbocycles. The molecule has 0 aliphatic heterocycles. The molecule has 1 aliphatic rings. The van der Waals surface area contributed by atoms with Crippen LogP contribution in [0.25, 0.3) is 0 Å². The third-order valence-corrected chi connectivity index (χ3v) is 3.53. The first-order valence-corrected chi connectivity index (χ1v) is 5.70. The van der Waals surface area contributed by atoms with E-state index >= 15 is 0 Å². The summed E-state index contributed by atoms with van der Waals surface area (Å²) in [5, 5.41) is 3.50. The van der Waals surface area contributed by atoms with Gasteiger partial charge >= 0.3 is 0 Å². The summed E-state index contributed by atoms with van der Waals surface area (Å²) >= 11 is 7.48. The molecule has 0 bridgehead atoms. The van der Waals surface area contributed by atoms with Crippen molar-refractivity contribution in [2.45, 2.75) is 24.9 Å². The van der Waals surface area contributed by atoms with Gasteiger partial charge in [-0.1, -0.05) is 11.6 Å². The van der Waals surface area contributed by atoms with Crippen molar-refractivity contribution in [3.8, 4) is 0 Å². The average Bonchev–Trinajstić information content (AvgIpc) is 2.84. The van der Waals surface area contributed by atoms with Gasteiger partial charge in [-0.25, -0.2) is 0 Å². The Morgan fingerprint density at radius 1 is 1.62 bits per heavy atom. The van der Waals surface area contributed by atoms with Crippen molar-refractivity contribution < 1.29 is 0 Å². The smallest absolute Gasteiger partial charge is 0.0931 e. The van der Waals surface area contributed by atoms with Gasteiger partial charge in [0.05, 0.1) is 10.4 Å². The standard InChI is InChI=1S/C9H13ClN2S/c10-9-4-3-8(13-9)7(5-11)12-6-1-2-6/h3-4,6-7,12H,1-2,5,11H2. The number of nitrogens with one attached hydrogen (secondary N) is 1. The average molecular weight is 217 g/mol. The second kappa shape index (κ2) is 3.96. The number of rotatable bonds is 4. The zero-order valence-corrected chi connectivity index (χ0v) is 8.87. The zero-order valence-electron chi connectivity index (χ0n) is 7.29. The molecule has 0 radical (unpaired) electrons. The van der Waals surface area contributed by atoms with Gasteiger partial charge in [0.25, 0.3) is 0 Å². The predicted octanol–water partition coefficient (Wildman–Crippen LogP) is 2.15. The van der Waals surface area contributed by atoms with Crippen molar-refractivity contribution in [3.63, 3.8) is 0 Å². The highest BCUT2D eigenvalue weighted by atomic mass is 35.5. The second-order valence-electron chi connectivity index (χ2n) is 3.37. The first-order chi connectivity index (χ1) is 6.29. The number of hydrogen-bond donors (Lipinski definition) is 2. The van der Waals surface area contributed by atoms with Gasteiger partial charge in [0.1, 0.15) is 0 Å². The molecule has 1 fully saturated rings. The van der Waals surface area contributed by atoms with Crippen LogP contribution >= 0.6 is 22.9 Å². The van der Waals surface area contributed by atoms with Crippen LogP contribution in [0.3, 0.4) is 0 Å². The van der Waals surface area contributed by atoms with Crippen molar-refractivity contribution in [2.24, 2.45) is 5.73 Å². The van der Waals surface area contributed by atoms with Crippen LogP contribution in [0, 0.1) is 0 Å². The quantitative estimate of drug-likeness (QED) is 0.810. The Kier molecular flexibility index (Phi) is 2.89. The van der Waals surface area contributed by atoms with E-state index in [0.717, 1.165) is 4.34 Å². The van der Waals surface area contributed by atoms with Gasteiger partial charge in [-0.3, -0.25) is 0 Å². The molecule has 1 unspecified atom stereocenters. The minimum atomic E-state index is 0.296. The fourth-order valence-corrected chi connectivity index (χ4v) is 2.45. The highest BCUT2D eigenvalue weighted by Gasteiger charge is 2.25. The number of hydrogen-bond acceptors (Lipinski definition) is 3. The first kappa shape index (κ1) is 9.46. The van der Waals surface area contributed by atoms with E-state index in [-0.39, 0.29) is 0 Å². The van der Waals surface area contributed by atoms with Gasteiger partial charge in [-0.05, 0) is 25.0 Å². The van der Waals surface area contributed by atoms with E-state index in [2.05, 4.69) is 11.4 Å². The molecule has 0 aromatic carbocycles. The molecule has 0 saturated heterocycles. The number of nitrogens with two attached hydrogens (primary N) is 1. The van der Waals surface area contributed by atoms with Crippen molar-refractivity contribution in [1.29, 1.82) is 0 Å². The van der Waals surface area contributed by atoms with Crippen LogP contribution < -0.4 is 11.1 Å². The molecule has 3 N–H and O–H groups in total. The van der Waals surface area contributed by atoms with E-state index < -0.39 is 0 Å². The SMILES string of the molecule is NCC(NC1CC1)c1ccc(Cl)s1. The maximum absolute atomic E-state index is 5.86. The lowest BCUT2D eigenvalue weighted by Gasteiger charge is -2.14. The lowest BCUT2D eigenvalue weighted by molar-refractivity contribution is 0.546. The molecule has 0 spiro atoms. The summed E-state index contributed by atoms with van der Waals surface area (Å²) in [6, 6.07) is 4.97. The van der Waals surface area contributed by atoms with E-state index in [0.29, 0.717) is 18.6 Å². The second-order valence-corrected chi connectivity index (χ2v) is 5.12. The Balaban J connectivity index is 2.01. The third-order valence-electron chi connectivity index (χ3n) is 2.19. The number of halogens is 1. The summed E-state index contributed by atoms with van der Waals surface area (Å²) in [6.45, 7) is 0.646. The van der Waals surface area contributed by atoms with Crippen molar-refractivity contribution >= 4 is 22.9 Å². The Labute approximate surface area is 87.1 Å². The highest BCUT2D eigenvalue weighted by Crippen LogP contribution is 2.29. The minimum Gasteiger partial charge on any atom is -0.329 e. The summed E-state index contributed by atoms with van der Waals surface area (Å²) in [5.41, 5.74) is 5.69. The van der Waals surface area contributed by atoms with Crippen LogP contribution in [0.1, 0.15) is 23.8 Å². The lowest BCUT2D eigenvalue weighted by atomic mass is 10.2. The Hall–Kier alpha value is -0.0900. The van der Waals surface area contributed by atoms with Crippen LogP contribution in [0.5, 0.6) is 0 Å². The molecule has 1 aromatic rings. The summed E-state index contributed by atoms with van der Waals surface area (Å²) < 4.78 is 0.839. The van der Waals surface area contributed by atoms with Gasteiger partial charge in [0.2, 0.25) is 0 Å². The first-order valence-electron chi connectivity index (χ1n) is 4.51. The Bertz CT molecular complexity index is 283. The van der Waals surface area contributed by atoms with E-state index in [9.17, 15) is 0 Å². The minimum absolute atomic E-state index is 0.296. The van der Waals surface area contributed by atoms with Gasteiger partial charge < -0.3 is 11.1 Å². The molecular formula is C9H13ClN2S. The summed E-state index contributed by atoms with van der Waals surface area (Å²) in [4.78, 5) is 1.25. The molecule has 1 atom stereocenters. The van der Waals surface area contributed by atoms with Gasteiger partial charge in [0, 0.05) is 17.5 Å². The van der Waals surface area contributed by atoms with Gasteiger partial charge in [-0.15, -0.1) is 11.3 Å².